The number of nitrogens with one attached hydrogen (secondary N) is 3. The first-order valence-electron chi connectivity index (χ1n) is 12.6. The third kappa shape index (κ3) is 13.2. The predicted octanol–water partition coefficient (Wildman–Crippen LogP) is -1.93. The Hall–Kier alpha value is -4.20. The fraction of sp³-hybridized carbons (Fsp3) is 0.520. The Labute approximate surface area is 227 Å². The number of rotatable bonds is 17. The second-order valence-corrected chi connectivity index (χ2v) is 9.57. The lowest BCUT2D eigenvalue weighted by Crippen LogP contribution is -2.58. The van der Waals surface area contributed by atoms with E-state index >= 15 is 0 Å². The van der Waals surface area contributed by atoms with Crippen molar-refractivity contribution in [1.29, 1.82) is 0 Å². The van der Waals surface area contributed by atoms with Crippen molar-refractivity contribution >= 4 is 35.6 Å². The van der Waals surface area contributed by atoms with Gasteiger partial charge < -0.3 is 44.0 Å². The molecule has 216 valence electrons. The second kappa shape index (κ2) is 16.6. The molecule has 0 aliphatic rings. The molecular weight excluding hydrogens is 508 g/mol. The van der Waals surface area contributed by atoms with Crippen LogP contribution in [0.3, 0.4) is 0 Å². The SMILES string of the molecule is CC(C)CC(NC(=O)C(Cc1ccccc1)NC(=O)C(N)CCCN=C(N)N)C(=O)NC(CC(N)=O)C(=O)O. The average molecular weight is 549 g/mol. The summed E-state index contributed by atoms with van der Waals surface area (Å²) in [7, 11) is 0. The minimum absolute atomic E-state index is 0.0683. The van der Waals surface area contributed by atoms with Gasteiger partial charge in [-0.15, -0.1) is 0 Å². The third-order valence-electron chi connectivity index (χ3n) is 5.58. The highest BCUT2D eigenvalue weighted by Gasteiger charge is 2.31. The monoisotopic (exact) mass is 548 g/mol. The molecule has 0 aliphatic heterocycles. The maximum Gasteiger partial charge on any atom is 0.326 e. The summed E-state index contributed by atoms with van der Waals surface area (Å²) in [6.07, 6.45) is 0.356. The van der Waals surface area contributed by atoms with Crippen molar-refractivity contribution in [3.63, 3.8) is 0 Å². The molecule has 4 atom stereocenters. The molecule has 1 aromatic rings. The first-order chi connectivity index (χ1) is 18.3. The van der Waals surface area contributed by atoms with E-state index in [0.717, 1.165) is 5.56 Å². The Morgan fingerprint density at radius 1 is 0.872 bits per heavy atom. The molecule has 0 heterocycles. The maximum atomic E-state index is 13.4. The minimum Gasteiger partial charge on any atom is -0.480 e. The lowest BCUT2D eigenvalue weighted by molar-refractivity contribution is -0.143. The molecule has 0 fully saturated rings. The Bertz CT molecular complexity index is 1010. The van der Waals surface area contributed by atoms with Crippen molar-refractivity contribution in [2.45, 2.75) is 70.1 Å². The lowest BCUT2D eigenvalue weighted by Gasteiger charge is -2.26. The van der Waals surface area contributed by atoms with Crippen LogP contribution in [0.5, 0.6) is 0 Å². The highest BCUT2D eigenvalue weighted by Crippen LogP contribution is 2.09. The zero-order valence-electron chi connectivity index (χ0n) is 22.3. The summed E-state index contributed by atoms with van der Waals surface area (Å²) in [5.41, 5.74) is 22.4. The number of hydrogen-bond donors (Lipinski definition) is 8. The number of carboxylic acid groups (broad SMARTS) is 1. The highest BCUT2D eigenvalue weighted by atomic mass is 16.4. The minimum atomic E-state index is -1.56. The van der Waals surface area contributed by atoms with E-state index in [9.17, 15) is 29.1 Å². The van der Waals surface area contributed by atoms with Gasteiger partial charge in [0.15, 0.2) is 5.96 Å². The highest BCUT2D eigenvalue weighted by molar-refractivity contribution is 5.95. The molecule has 0 spiro atoms. The number of carboxylic acids is 1. The molecule has 0 bridgehead atoms. The number of nitrogens with two attached hydrogens (primary N) is 4. The quantitative estimate of drug-likeness (QED) is 0.0611. The summed E-state index contributed by atoms with van der Waals surface area (Å²) in [6.45, 7) is 3.92. The number of hydrogen-bond acceptors (Lipinski definition) is 7. The molecule has 12 N–H and O–H groups in total. The Kier molecular flexibility index (Phi) is 14.0. The summed E-state index contributed by atoms with van der Waals surface area (Å²) in [6, 6.07) is 4.19. The number of aliphatic carboxylic acids is 1. The van der Waals surface area contributed by atoms with Gasteiger partial charge in [0.2, 0.25) is 23.6 Å². The normalized spacial score (nSPS) is 13.8. The summed E-state index contributed by atoms with van der Waals surface area (Å²) in [4.78, 5) is 65.6. The number of primary amides is 1. The lowest BCUT2D eigenvalue weighted by atomic mass is 10.00. The topological polar surface area (TPSA) is 258 Å². The van der Waals surface area contributed by atoms with E-state index < -0.39 is 60.2 Å². The van der Waals surface area contributed by atoms with Crippen LogP contribution >= 0.6 is 0 Å². The molecule has 0 aliphatic carbocycles. The van der Waals surface area contributed by atoms with Gasteiger partial charge in [0, 0.05) is 13.0 Å². The van der Waals surface area contributed by atoms with Gasteiger partial charge in [-0.3, -0.25) is 24.2 Å². The largest absolute Gasteiger partial charge is 0.480 e. The van der Waals surface area contributed by atoms with E-state index in [-0.39, 0.29) is 37.7 Å². The first-order valence-corrected chi connectivity index (χ1v) is 12.6. The molecule has 0 saturated heterocycles. The summed E-state index contributed by atoms with van der Waals surface area (Å²) >= 11 is 0. The molecule has 4 unspecified atom stereocenters. The van der Waals surface area contributed by atoms with Crippen LogP contribution in [0.4, 0.5) is 0 Å². The molecular formula is C25H40N8O6. The van der Waals surface area contributed by atoms with E-state index in [2.05, 4.69) is 20.9 Å². The van der Waals surface area contributed by atoms with E-state index in [1.807, 2.05) is 13.8 Å². The van der Waals surface area contributed by atoms with Gasteiger partial charge in [0.25, 0.3) is 0 Å². The van der Waals surface area contributed by atoms with E-state index in [0.29, 0.717) is 6.42 Å². The fourth-order valence-corrected chi connectivity index (χ4v) is 3.64. The van der Waals surface area contributed by atoms with Gasteiger partial charge in [0.1, 0.15) is 18.1 Å². The molecule has 1 aromatic carbocycles. The number of nitrogens with zero attached hydrogens (tertiary/aromatic N) is 1. The molecule has 39 heavy (non-hydrogen) atoms. The Balaban J connectivity index is 3.06. The van der Waals surface area contributed by atoms with E-state index in [1.54, 1.807) is 30.3 Å². The number of carbonyl (C=O) groups is 5. The predicted molar refractivity (Wildman–Crippen MR) is 145 cm³/mol. The second-order valence-electron chi connectivity index (χ2n) is 9.57. The van der Waals surface area contributed by atoms with Gasteiger partial charge in [-0.2, -0.15) is 0 Å². The number of guanidine groups is 1. The number of carbonyl (C=O) groups excluding carboxylic acids is 4. The van der Waals surface area contributed by atoms with Crippen LogP contribution in [0.15, 0.2) is 35.3 Å². The number of aliphatic imine (C=N–C) groups is 1. The van der Waals surface area contributed by atoms with Crippen molar-refractivity contribution < 1.29 is 29.1 Å². The van der Waals surface area contributed by atoms with Crippen molar-refractivity contribution in [1.82, 2.24) is 16.0 Å². The zero-order valence-corrected chi connectivity index (χ0v) is 22.3. The molecule has 0 aromatic heterocycles. The Morgan fingerprint density at radius 2 is 1.44 bits per heavy atom. The maximum absolute atomic E-state index is 13.4. The van der Waals surface area contributed by atoms with Crippen LogP contribution < -0.4 is 38.9 Å². The molecule has 14 nitrogen and oxygen atoms in total. The standard InChI is InChI=1S/C25H40N8O6/c1-14(2)11-17(22(36)33-19(24(38)39)13-20(27)34)32-23(37)18(12-15-7-4-3-5-8-15)31-21(35)16(26)9-6-10-30-25(28)29/h3-5,7-8,14,16-19H,6,9-13,26H2,1-2H3,(H2,27,34)(H,31,35)(H,32,37)(H,33,36)(H,38,39)(H4,28,29,30). The Morgan fingerprint density at radius 3 is 1.97 bits per heavy atom. The van der Waals surface area contributed by atoms with Gasteiger partial charge in [-0.1, -0.05) is 44.2 Å². The van der Waals surface area contributed by atoms with Crippen LogP contribution in [0.1, 0.15) is 45.1 Å². The average Bonchev–Trinajstić information content (AvgIpc) is 2.84. The van der Waals surface area contributed by atoms with Crippen LogP contribution in [0, 0.1) is 5.92 Å². The first kappa shape index (κ1) is 32.8. The smallest absolute Gasteiger partial charge is 0.326 e. The molecule has 4 amide bonds. The van der Waals surface area contributed by atoms with E-state index in [4.69, 9.17) is 22.9 Å². The summed E-state index contributed by atoms with van der Waals surface area (Å²) < 4.78 is 0. The number of benzene rings is 1. The van der Waals surface area contributed by atoms with Crippen LogP contribution in [0.25, 0.3) is 0 Å². The third-order valence-corrected chi connectivity index (χ3v) is 5.58. The van der Waals surface area contributed by atoms with E-state index in [1.165, 1.54) is 0 Å². The van der Waals surface area contributed by atoms with Gasteiger partial charge in [0.05, 0.1) is 12.5 Å². The van der Waals surface area contributed by atoms with Crippen LogP contribution in [-0.4, -0.2) is 71.4 Å². The van der Waals surface area contributed by atoms with Crippen molar-refractivity contribution in [2.24, 2.45) is 33.8 Å². The fourth-order valence-electron chi connectivity index (χ4n) is 3.64. The number of amides is 4. The zero-order chi connectivity index (χ0) is 29.5. The van der Waals surface area contributed by atoms with Crippen LogP contribution in [-0.2, 0) is 30.4 Å². The summed E-state index contributed by atoms with van der Waals surface area (Å²) in [5.74, 6) is -4.53. The van der Waals surface area contributed by atoms with Crippen molar-refractivity contribution in [3.05, 3.63) is 35.9 Å². The van der Waals surface area contributed by atoms with Crippen molar-refractivity contribution in [3.8, 4) is 0 Å². The van der Waals surface area contributed by atoms with Gasteiger partial charge in [-0.25, -0.2) is 4.79 Å². The molecule has 0 saturated carbocycles. The van der Waals surface area contributed by atoms with Crippen molar-refractivity contribution in [2.75, 3.05) is 6.54 Å². The summed E-state index contributed by atoms with van der Waals surface area (Å²) in [5, 5.41) is 16.9. The van der Waals surface area contributed by atoms with Gasteiger partial charge in [-0.05, 0) is 30.7 Å². The molecule has 14 heteroatoms. The van der Waals surface area contributed by atoms with Gasteiger partial charge >= 0.3 is 5.97 Å². The molecule has 0 radical (unpaired) electrons. The molecule has 1 rings (SSSR count). The van der Waals surface area contributed by atoms with Crippen LogP contribution in [0.2, 0.25) is 0 Å².